The molecule has 102 valence electrons. The molecule has 1 aliphatic rings. The van der Waals surface area contributed by atoms with E-state index in [1.54, 1.807) is 0 Å². The van der Waals surface area contributed by atoms with Crippen LogP contribution in [0.1, 0.15) is 20.3 Å². The average Bonchev–Trinajstić information content (AvgIpc) is 2.28. The van der Waals surface area contributed by atoms with Crippen LogP contribution in [0, 0.1) is 0 Å². The Labute approximate surface area is 106 Å². The topological polar surface area (TPSA) is 90.0 Å². The molecule has 1 heterocycles. The maximum atomic E-state index is 12.2. The van der Waals surface area contributed by atoms with Crippen molar-refractivity contribution in [3.63, 3.8) is 0 Å². The van der Waals surface area contributed by atoms with Gasteiger partial charge in [0.05, 0.1) is 6.42 Å². The van der Waals surface area contributed by atoms with Gasteiger partial charge in [0.15, 0.2) is 0 Å². The summed E-state index contributed by atoms with van der Waals surface area (Å²) in [6, 6.07) is -0.372. The molecule has 7 nitrogen and oxygen atoms in total. The van der Waals surface area contributed by atoms with Gasteiger partial charge in [-0.25, -0.2) is 4.79 Å². The summed E-state index contributed by atoms with van der Waals surface area (Å²) in [6.07, 6.45) is -0.0933. The normalized spacial score (nSPS) is 15.5. The molecule has 0 bridgehead atoms. The molecule has 18 heavy (non-hydrogen) atoms. The average molecular weight is 257 g/mol. The number of carbonyl (C=O) groups excluding carboxylic acids is 2. The third kappa shape index (κ3) is 3.90. The number of piperazine rings is 1. The van der Waals surface area contributed by atoms with E-state index in [0.29, 0.717) is 13.1 Å². The lowest BCUT2D eigenvalue weighted by molar-refractivity contribution is -0.137. The van der Waals surface area contributed by atoms with Crippen molar-refractivity contribution >= 4 is 17.9 Å². The van der Waals surface area contributed by atoms with E-state index in [2.05, 4.69) is 5.32 Å². The molecule has 1 rings (SSSR count). The standard InChI is InChI=1S/C11H19N3O4/c1-8(2)14(5-3-10(16)17)11(18)13-6-4-12-9(15)7-13/h8H,3-7H2,1-2H3,(H,12,15)(H,16,17). The Bertz CT molecular complexity index is 343. The fourth-order valence-electron chi connectivity index (χ4n) is 1.77. The van der Waals surface area contributed by atoms with Crippen molar-refractivity contribution in [3.05, 3.63) is 0 Å². The van der Waals surface area contributed by atoms with Gasteiger partial charge in [-0.1, -0.05) is 0 Å². The van der Waals surface area contributed by atoms with Gasteiger partial charge in [0.2, 0.25) is 5.91 Å². The lowest BCUT2D eigenvalue weighted by Gasteiger charge is -2.34. The molecule has 1 aliphatic heterocycles. The van der Waals surface area contributed by atoms with Crippen LogP contribution >= 0.6 is 0 Å². The summed E-state index contributed by atoms with van der Waals surface area (Å²) >= 11 is 0. The van der Waals surface area contributed by atoms with Crippen molar-refractivity contribution in [3.8, 4) is 0 Å². The van der Waals surface area contributed by atoms with E-state index >= 15 is 0 Å². The molecule has 0 aromatic carbocycles. The van der Waals surface area contributed by atoms with Crippen molar-refractivity contribution in [1.29, 1.82) is 0 Å². The van der Waals surface area contributed by atoms with Gasteiger partial charge < -0.3 is 20.2 Å². The SMILES string of the molecule is CC(C)N(CCC(=O)O)C(=O)N1CCNC(=O)C1. The molecular formula is C11H19N3O4. The minimum Gasteiger partial charge on any atom is -0.481 e. The van der Waals surface area contributed by atoms with Gasteiger partial charge in [-0.15, -0.1) is 0 Å². The van der Waals surface area contributed by atoms with Gasteiger partial charge in [0, 0.05) is 25.7 Å². The lowest BCUT2D eigenvalue weighted by atomic mass is 10.3. The Kier molecular flexibility index (Phi) is 4.94. The van der Waals surface area contributed by atoms with Crippen molar-refractivity contribution in [2.24, 2.45) is 0 Å². The summed E-state index contributed by atoms with van der Waals surface area (Å²) in [5.41, 5.74) is 0. The largest absolute Gasteiger partial charge is 0.481 e. The summed E-state index contributed by atoms with van der Waals surface area (Å²) in [6.45, 7) is 4.74. The summed E-state index contributed by atoms with van der Waals surface area (Å²) in [7, 11) is 0. The first-order valence-corrected chi connectivity index (χ1v) is 5.96. The molecule has 7 heteroatoms. The van der Waals surface area contributed by atoms with Gasteiger partial charge in [-0.3, -0.25) is 9.59 Å². The van der Waals surface area contributed by atoms with E-state index in [-0.39, 0.29) is 37.5 Å². The zero-order chi connectivity index (χ0) is 13.7. The third-order valence-electron chi connectivity index (χ3n) is 2.74. The Balaban J connectivity index is 2.63. The van der Waals surface area contributed by atoms with Crippen molar-refractivity contribution < 1.29 is 19.5 Å². The second-order valence-electron chi connectivity index (χ2n) is 4.48. The Hall–Kier alpha value is -1.79. The number of nitrogens with one attached hydrogen (secondary N) is 1. The minimum absolute atomic E-state index is 0.0368. The molecule has 1 saturated heterocycles. The van der Waals surface area contributed by atoms with Crippen LogP contribution in [0.15, 0.2) is 0 Å². The molecule has 0 saturated carbocycles. The first kappa shape index (κ1) is 14.3. The van der Waals surface area contributed by atoms with E-state index in [0.717, 1.165) is 0 Å². The lowest BCUT2D eigenvalue weighted by Crippen LogP contribution is -2.55. The summed E-state index contributed by atoms with van der Waals surface area (Å²) in [5, 5.41) is 11.3. The van der Waals surface area contributed by atoms with Gasteiger partial charge in [-0.05, 0) is 13.8 Å². The highest BCUT2D eigenvalue weighted by atomic mass is 16.4. The fraction of sp³-hybridized carbons (Fsp3) is 0.727. The van der Waals surface area contributed by atoms with Crippen molar-refractivity contribution in [1.82, 2.24) is 15.1 Å². The highest BCUT2D eigenvalue weighted by Crippen LogP contribution is 2.07. The zero-order valence-electron chi connectivity index (χ0n) is 10.7. The molecule has 0 atom stereocenters. The van der Waals surface area contributed by atoms with Crippen molar-refractivity contribution in [2.45, 2.75) is 26.3 Å². The predicted molar refractivity (Wildman–Crippen MR) is 64.1 cm³/mol. The van der Waals surface area contributed by atoms with E-state index < -0.39 is 5.97 Å². The van der Waals surface area contributed by atoms with Crippen LogP contribution in [-0.4, -0.2) is 65.0 Å². The Morgan fingerprint density at radius 1 is 1.50 bits per heavy atom. The number of carboxylic acids is 1. The number of nitrogens with zero attached hydrogens (tertiary/aromatic N) is 2. The zero-order valence-corrected chi connectivity index (χ0v) is 10.7. The van der Waals surface area contributed by atoms with Crippen LogP contribution in [0.2, 0.25) is 0 Å². The van der Waals surface area contributed by atoms with Crippen LogP contribution in [-0.2, 0) is 9.59 Å². The second-order valence-corrected chi connectivity index (χ2v) is 4.48. The summed E-state index contributed by atoms with van der Waals surface area (Å²) in [4.78, 5) is 36.9. The highest BCUT2D eigenvalue weighted by molar-refractivity contribution is 5.85. The number of urea groups is 1. The van der Waals surface area contributed by atoms with Gasteiger partial charge in [0.25, 0.3) is 0 Å². The molecule has 0 radical (unpaired) electrons. The first-order valence-electron chi connectivity index (χ1n) is 5.96. The van der Waals surface area contributed by atoms with Crippen LogP contribution in [0.3, 0.4) is 0 Å². The quantitative estimate of drug-likeness (QED) is 0.725. The summed E-state index contributed by atoms with van der Waals surface area (Å²) < 4.78 is 0. The molecule has 2 N–H and O–H groups in total. The van der Waals surface area contributed by atoms with E-state index in [1.165, 1.54) is 9.80 Å². The second kappa shape index (κ2) is 6.23. The maximum absolute atomic E-state index is 12.2. The number of carbonyl (C=O) groups is 3. The smallest absolute Gasteiger partial charge is 0.320 e. The highest BCUT2D eigenvalue weighted by Gasteiger charge is 2.27. The van der Waals surface area contributed by atoms with Crippen molar-refractivity contribution in [2.75, 3.05) is 26.2 Å². The molecule has 3 amide bonds. The number of amides is 3. The molecule has 1 fully saturated rings. The van der Waals surface area contributed by atoms with E-state index in [4.69, 9.17) is 5.11 Å². The number of rotatable bonds is 4. The Morgan fingerprint density at radius 2 is 2.17 bits per heavy atom. The fourth-order valence-corrected chi connectivity index (χ4v) is 1.77. The first-order chi connectivity index (χ1) is 8.41. The molecule has 0 spiro atoms. The monoisotopic (exact) mass is 257 g/mol. The maximum Gasteiger partial charge on any atom is 0.320 e. The van der Waals surface area contributed by atoms with E-state index in [1.807, 2.05) is 13.8 Å². The predicted octanol–water partition coefficient (Wildman–Crippen LogP) is -0.277. The van der Waals surface area contributed by atoms with Crippen LogP contribution in [0.5, 0.6) is 0 Å². The number of carboxylic acid groups (broad SMARTS) is 1. The number of hydrogen-bond donors (Lipinski definition) is 2. The number of hydrogen-bond acceptors (Lipinski definition) is 3. The van der Waals surface area contributed by atoms with Crippen LogP contribution < -0.4 is 5.32 Å². The summed E-state index contributed by atoms with van der Waals surface area (Å²) in [5.74, 6) is -1.12. The molecule has 0 aromatic rings. The molecule has 0 unspecified atom stereocenters. The molecule has 0 aliphatic carbocycles. The van der Waals surface area contributed by atoms with Crippen LogP contribution in [0.25, 0.3) is 0 Å². The molecule has 0 aromatic heterocycles. The third-order valence-corrected chi connectivity index (χ3v) is 2.74. The Morgan fingerprint density at radius 3 is 2.67 bits per heavy atom. The van der Waals surface area contributed by atoms with Gasteiger partial charge >= 0.3 is 12.0 Å². The number of aliphatic carboxylic acids is 1. The minimum atomic E-state index is -0.940. The van der Waals surface area contributed by atoms with Crippen LogP contribution in [0.4, 0.5) is 4.79 Å². The van der Waals surface area contributed by atoms with Gasteiger partial charge in [-0.2, -0.15) is 0 Å². The van der Waals surface area contributed by atoms with Gasteiger partial charge in [0.1, 0.15) is 6.54 Å². The molecular weight excluding hydrogens is 238 g/mol. The van der Waals surface area contributed by atoms with E-state index in [9.17, 15) is 14.4 Å².